The number of amides is 1. The van der Waals surface area contributed by atoms with Crippen LogP contribution in [0.15, 0.2) is 59.4 Å². The maximum atomic E-state index is 13.1. The van der Waals surface area contributed by atoms with Crippen LogP contribution < -0.4 is 10.3 Å². The molecule has 4 rings (SSSR count). The highest BCUT2D eigenvalue weighted by Gasteiger charge is 2.34. The van der Waals surface area contributed by atoms with Crippen LogP contribution in [0.4, 0.5) is 5.69 Å². The minimum atomic E-state index is -0.154. The van der Waals surface area contributed by atoms with Gasteiger partial charge in [-0.2, -0.15) is 0 Å². The summed E-state index contributed by atoms with van der Waals surface area (Å²) in [4.78, 5) is 30.4. The number of rotatable bonds is 2. The summed E-state index contributed by atoms with van der Waals surface area (Å²) in [5, 5.41) is 0.598. The van der Waals surface area contributed by atoms with Crippen molar-refractivity contribution in [1.82, 2.24) is 4.98 Å². The quantitative estimate of drug-likeness (QED) is 0.773. The van der Waals surface area contributed by atoms with Gasteiger partial charge in [-0.05, 0) is 29.7 Å². The van der Waals surface area contributed by atoms with Gasteiger partial charge in [0.2, 0.25) is 0 Å². The predicted molar refractivity (Wildman–Crippen MR) is 100 cm³/mol. The fourth-order valence-corrected chi connectivity index (χ4v) is 3.66. The van der Waals surface area contributed by atoms with Gasteiger partial charge in [0, 0.05) is 35.1 Å². The van der Waals surface area contributed by atoms with E-state index in [4.69, 9.17) is 0 Å². The molecule has 1 atom stereocenters. The van der Waals surface area contributed by atoms with E-state index in [9.17, 15) is 9.59 Å². The van der Waals surface area contributed by atoms with Crippen molar-refractivity contribution in [2.75, 3.05) is 11.4 Å². The van der Waals surface area contributed by atoms with Crippen molar-refractivity contribution in [2.45, 2.75) is 19.8 Å². The summed E-state index contributed by atoms with van der Waals surface area (Å²) in [6.45, 7) is 4.99. The maximum absolute atomic E-state index is 13.1. The van der Waals surface area contributed by atoms with Crippen LogP contribution in [-0.2, 0) is 0 Å². The first-order valence-corrected chi connectivity index (χ1v) is 8.59. The molecule has 1 N–H and O–H groups in total. The van der Waals surface area contributed by atoms with Gasteiger partial charge in [0.25, 0.3) is 5.91 Å². The third kappa shape index (κ3) is 2.54. The molecule has 3 aromatic rings. The lowest BCUT2D eigenvalue weighted by molar-refractivity contribution is 0.0983. The zero-order valence-electron chi connectivity index (χ0n) is 14.3. The standard InChI is InChI=1S/C21H20N2O2/c1-13(2)16-12-23(19-10-6-4-7-14(16)19)21(25)18-11-20(24)15-8-3-5-9-17(15)22-18/h3-11,13,16H,12H2,1-2H3,(H,22,24)/t16-/m1/s1. The number of anilines is 1. The smallest absolute Gasteiger partial charge is 0.274 e. The van der Waals surface area contributed by atoms with Crippen LogP contribution in [0.5, 0.6) is 0 Å². The Bertz CT molecular complexity index is 1020. The topological polar surface area (TPSA) is 53.2 Å². The Morgan fingerprint density at radius 2 is 1.84 bits per heavy atom. The van der Waals surface area contributed by atoms with Crippen LogP contribution in [0, 0.1) is 5.92 Å². The first kappa shape index (κ1) is 15.6. The molecule has 0 unspecified atom stereocenters. The number of nitrogens with zero attached hydrogens (tertiary/aromatic N) is 1. The number of carbonyl (C=O) groups is 1. The molecule has 2 aromatic carbocycles. The van der Waals surface area contributed by atoms with Crippen LogP contribution in [0.3, 0.4) is 0 Å². The highest BCUT2D eigenvalue weighted by Crippen LogP contribution is 2.40. The second-order valence-electron chi connectivity index (χ2n) is 6.92. The van der Waals surface area contributed by atoms with Gasteiger partial charge in [0.1, 0.15) is 5.69 Å². The summed E-state index contributed by atoms with van der Waals surface area (Å²) >= 11 is 0. The zero-order chi connectivity index (χ0) is 17.6. The number of nitrogens with one attached hydrogen (secondary N) is 1. The van der Waals surface area contributed by atoms with Gasteiger partial charge in [-0.15, -0.1) is 0 Å². The van der Waals surface area contributed by atoms with E-state index in [1.165, 1.54) is 11.6 Å². The molecule has 1 aromatic heterocycles. The number of hydrogen-bond acceptors (Lipinski definition) is 2. The third-order valence-electron chi connectivity index (χ3n) is 5.02. The fraction of sp³-hybridized carbons (Fsp3) is 0.238. The van der Waals surface area contributed by atoms with E-state index in [1.807, 2.05) is 36.4 Å². The Morgan fingerprint density at radius 3 is 2.64 bits per heavy atom. The van der Waals surface area contributed by atoms with Crippen LogP contribution in [0.2, 0.25) is 0 Å². The van der Waals surface area contributed by atoms with Crippen molar-refractivity contribution in [3.05, 3.63) is 76.1 Å². The number of H-pyrrole nitrogens is 1. The van der Waals surface area contributed by atoms with Crippen molar-refractivity contribution in [3.63, 3.8) is 0 Å². The Kier molecular flexibility index (Phi) is 3.68. The molecule has 0 saturated heterocycles. The normalized spacial score (nSPS) is 16.4. The fourth-order valence-electron chi connectivity index (χ4n) is 3.66. The Hall–Kier alpha value is -2.88. The summed E-state index contributed by atoms with van der Waals surface area (Å²) in [6, 6.07) is 16.7. The number of pyridine rings is 1. The first-order chi connectivity index (χ1) is 12.1. The molecule has 0 spiro atoms. The van der Waals surface area contributed by atoms with Crippen molar-refractivity contribution in [2.24, 2.45) is 5.92 Å². The number of fused-ring (bicyclic) bond motifs is 2. The van der Waals surface area contributed by atoms with Crippen molar-refractivity contribution in [1.29, 1.82) is 0 Å². The molecule has 1 aliphatic heterocycles. The van der Waals surface area contributed by atoms with Gasteiger partial charge in [0.15, 0.2) is 5.43 Å². The molecule has 2 heterocycles. The van der Waals surface area contributed by atoms with Gasteiger partial charge < -0.3 is 9.88 Å². The second kappa shape index (κ2) is 5.88. The number of hydrogen-bond donors (Lipinski definition) is 1. The monoisotopic (exact) mass is 332 g/mol. The van der Waals surface area contributed by atoms with E-state index in [1.54, 1.807) is 11.0 Å². The molecular weight excluding hydrogens is 312 g/mol. The van der Waals surface area contributed by atoms with Crippen molar-refractivity contribution in [3.8, 4) is 0 Å². The average Bonchev–Trinajstić information content (AvgIpc) is 3.01. The highest BCUT2D eigenvalue weighted by atomic mass is 16.2. The zero-order valence-corrected chi connectivity index (χ0v) is 14.3. The summed E-state index contributed by atoms with van der Waals surface area (Å²) in [5.41, 5.74) is 3.04. The predicted octanol–water partition coefficient (Wildman–Crippen LogP) is 3.93. The summed E-state index contributed by atoms with van der Waals surface area (Å²) in [7, 11) is 0. The largest absolute Gasteiger partial charge is 0.350 e. The Balaban J connectivity index is 1.78. The number of aromatic amines is 1. The van der Waals surface area contributed by atoms with E-state index < -0.39 is 0 Å². The third-order valence-corrected chi connectivity index (χ3v) is 5.02. The van der Waals surface area contributed by atoms with Gasteiger partial charge >= 0.3 is 0 Å². The average molecular weight is 332 g/mol. The van der Waals surface area contributed by atoms with Gasteiger partial charge in [-0.25, -0.2) is 0 Å². The lowest BCUT2D eigenvalue weighted by Gasteiger charge is -2.19. The van der Waals surface area contributed by atoms with E-state index in [-0.39, 0.29) is 11.3 Å². The molecule has 0 radical (unpaired) electrons. The highest BCUT2D eigenvalue weighted by molar-refractivity contribution is 6.07. The molecule has 1 amide bonds. The van der Waals surface area contributed by atoms with Crippen LogP contribution in [-0.4, -0.2) is 17.4 Å². The van der Waals surface area contributed by atoms with Gasteiger partial charge in [-0.1, -0.05) is 44.2 Å². The molecule has 0 aliphatic carbocycles. The molecule has 0 saturated carbocycles. The summed E-state index contributed by atoms with van der Waals surface area (Å²) in [6.07, 6.45) is 0. The van der Waals surface area contributed by atoms with E-state index in [0.717, 1.165) is 5.69 Å². The van der Waals surface area contributed by atoms with E-state index in [2.05, 4.69) is 24.9 Å². The number of aromatic nitrogens is 1. The first-order valence-electron chi connectivity index (χ1n) is 8.59. The Morgan fingerprint density at radius 1 is 1.12 bits per heavy atom. The molecule has 25 heavy (non-hydrogen) atoms. The number of benzene rings is 2. The Labute approximate surface area is 146 Å². The van der Waals surface area contributed by atoms with Crippen molar-refractivity contribution >= 4 is 22.5 Å². The lowest BCUT2D eigenvalue weighted by Crippen LogP contribution is -2.32. The van der Waals surface area contributed by atoms with Crippen LogP contribution in [0.25, 0.3) is 10.9 Å². The molecule has 0 bridgehead atoms. The van der Waals surface area contributed by atoms with Crippen LogP contribution in [0.1, 0.15) is 35.8 Å². The van der Waals surface area contributed by atoms with E-state index in [0.29, 0.717) is 35.0 Å². The van der Waals surface area contributed by atoms with Crippen LogP contribution >= 0.6 is 0 Å². The second-order valence-corrected chi connectivity index (χ2v) is 6.92. The molecular formula is C21H20N2O2. The minimum absolute atomic E-state index is 0.134. The summed E-state index contributed by atoms with van der Waals surface area (Å²) < 4.78 is 0. The SMILES string of the molecule is CC(C)[C@H]1CN(C(=O)c2cc(=O)c3ccccc3[nH]2)c2ccccc21. The van der Waals surface area contributed by atoms with Gasteiger partial charge in [0.05, 0.1) is 0 Å². The molecule has 0 fully saturated rings. The lowest BCUT2D eigenvalue weighted by atomic mass is 9.90. The molecule has 1 aliphatic rings. The van der Waals surface area contributed by atoms with E-state index >= 15 is 0 Å². The maximum Gasteiger partial charge on any atom is 0.274 e. The summed E-state index contributed by atoms with van der Waals surface area (Å²) in [5.74, 6) is 0.598. The number of carbonyl (C=O) groups excluding carboxylic acids is 1. The molecule has 4 nitrogen and oxygen atoms in total. The molecule has 126 valence electrons. The number of para-hydroxylation sites is 2. The van der Waals surface area contributed by atoms with Crippen molar-refractivity contribution < 1.29 is 4.79 Å². The molecule has 4 heteroatoms. The minimum Gasteiger partial charge on any atom is -0.350 e. The van der Waals surface area contributed by atoms with Gasteiger partial charge in [-0.3, -0.25) is 9.59 Å².